The van der Waals surface area contributed by atoms with Crippen LogP contribution in [0.25, 0.3) is 0 Å². The summed E-state index contributed by atoms with van der Waals surface area (Å²) in [6, 6.07) is 0. The van der Waals surface area contributed by atoms with Crippen LogP contribution in [-0.2, 0) is 19.1 Å². The smallest absolute Gasteiger partial charge is 0.309 e. The van der Waals surface area contributed by atoms with E-state index in [0.717, 1.165) is 12.9 Å². The highest BCUT2D eigenvalue weighted by molar-refractivity contribution is 6.33. The number of nitrogens with zero attached hydrogens (tertiary/aromatic N) is 1. The van der Waals surface area contributed by atoms with Crippen molar-refractivity contribution < 1.29 is 19.1 Å². The standard InChI is InChI=1S/C19H35BNO4/c1-15(18(22)24-4)12-21(14-17-8-6-5-7-9-17)13-16(2)19(23)25-11-10-20-3/h15-17H,5-14H2,1-4H3/t15-,16+/m1/s1. The Labute approximate surface area is 154 Å². The Hall–Kier alpha value is -1.04. The van der Waals surface area contributed by atoms with Gasteiger partial charge < -0.3 is 14.4 Å². The van der Waals surface area contributed by atoms with Crippen molar-refractivity contribution in [1.29, 1.82) is 0 Å². The van der Waals surface area contributed by atoms with Crippen molar-refractivity contribution in [3.8, 4) is 0 Å². The molecule has 6 heteroatoms. The van der Waals surface area contributed by atoms with Crippen molar-refractivity contribution in [3.05, 3.63) is 0 Å². The van der Waals surface area contributed by atoms with Gasteiger partial charge in [-0.1, -0.05) is 39.9 Å². The summed E-state index contributed by atoms with van der Waals surface area (Å²) in [7, 11) is 3.42. The largest absolute Gasteiger partial charge is 0.469 e. The maximum absolute atomic E-state index is 12.2. The fourth-order valence-electron chi connectivity index (χ4n) is 3.50. The minimum Gasteiger partial charge on any atom is -0.469 e. The first-order chi connectivity index (χ1) is 12.0. The van der Waals surface area contributed by atoms with E-state index >= 15 is 0 Å². The summed E-state index contributed by atoms with van der Waals surface area (Å²) in [5.74, 6) is -0.0584. The first-order valence-corrected chi connectivity index (χ1v) is 9.72. The van der Waals surface area contributed by atoms with Crippen LogP contribution in [0.15, 0.2) is 0 Å². The van der Waals surface area contributed by atoms with E-state index < -0.39 is 0 Å². The van der Waals surface area contributed by atoms with Crippen molar-refractivity contribution in [1.82, 2.24) is 4.90 Å². The molecule has 1 aliphatic carbocycles. The lowest BCUT2D eigenvalue weighted by atomic mass is 9.79. The van der Waals surface area contributed by atoms with Crippen LogP contribution in [0, 0.1) is 17.8 Å². The van der Waals surface area contributed by atoms with Crippen molar-refractivity contribution in [2.24, 2.45) is 17.8 Å². The molecule has 1 rings (SSSR count). The van der Waals surface area contributed by atoms with E-state index in [9.17, 15) is 9.59 Å². The van der Waals surface area contributed by atoms with Crippen LogP contribution in [0.1, 0.15) is 46.0 Å². The lowest BCUT2D eigenvalue weighted by Crippen LogP contribution is -2.40. The van der Waals surface area contributed by atoms with Crippen molar-refractivity contribution in [2.45, 2.75) is 59.1 Å². The lowest BCUT2D eigenvalue weighted by Gasteiger charge is -2.32. The molecule has 0 spiro atoms. The van der Waals surface area contributed by atoms with Gasteiger partial charge in [0, 0.05) is 19.6 Å². The molecule has 5 nitrogen and oxygen atoms in total. The molecule has 0 aromatic heterocycles. The van der Waals surface area contributed by atoms with E-state index in [1.165, 1.54) is 39.2 Å². The summed E-state index contributed by atoms with van der Waals surface area (Å²) in [6.07, 6.45) is 7.17. The van der Waals surface area contributed by atoms with Gasteiger partial charge in [-0.3, -0.25) is 9.59 Å². The van der Waals surface area contributed by atoms with Crippen molar-refractivity contribution >= 4 is 19.2 Å². The van der Waals surface area contributed by atoms with Crippen LogP contribution < -0.4 is 0 Å². The highest BCUT2D eigenvalue weighted by atomic mass is 16.5. The number of ether oxygens (including phenoxy) is 2. The van der Waals surface area contributed by atoms with E-state index in [0.29, 0.717) is 25.6 Å². The summed E-state index contributed by atoms with van der Waals surface area (Å²) in [5.41, 5.74) is 0. The number of hydrogen-bond acceptors (Lipinski definition) is 5. The van der Waals surface area contributed by atoms with Gasteiger partial charge in [-0.05, 0) is 25.1 Å². The van der Waals surface area contributed by atoms with Gasteiger partial charge in [-0.25, -0.2) is 0 Å². The molecule has 0 aromatic carbocycles. The topological polar surface area (TPSA) is 55.8 Å². The van der Waals surface area contributed by atoms with E-state index in [4.69, 9.17) is 9.47 Å². The number of carbonyl (C=O) groups excluding carboxylic acids is 2. The average molecular weight is 352 g/mol. The maximum Gasteiger partial charge on any atom is 0.309 e. The lowest BCUT2D eigenvalue weighted by molar-refractivity contribution is -0.148. The predicted molar refractivity (Wildman–Crippen MR) is 101 cm³/mol. The Morgan fingerprint density at radius 1 is 1.08 bits per heavy atom. The van der Waals surface area contributed by atoms with Gasteiger partial charge in [0.1, 0.15) is 7.28 Å². The average Bonchev–Trinajstić information content (AvgIpc) is 2.61. The number of methoxy groups -OCH3 is 1. The molecule has 0 N–H and O–H groups in total. The van der Waals surface area contributed by atoms with Crippen LogP contribution in [0.4, 0.5) is 0 Å². The molecule has 0 heterocycles. The Balaban J connectivity index is 2.58. The minimum absolute atomic E-state index is 0.152. The third kappa shape index (κ3) is 8.75. The Morgan fingerprint density at radius 2 is 1.68 bits per heavy atom. The van der Waals surface area contributed by atoms with E-state index in [1.54, 1.807) is 0 Å². The molecule has 0 unspecified atom stereocenters. The first-order valence-electron chi connectivity index (χ1n) is 9.72. The number of hydrogen-bond donors (Lipinski definition) is 0. The molecule has 1 fully saturated rings. The molecule has 2 atom stereocenters. The summed E-state index contributed by atoms with van der Waals surface area (Å²) in [4.78, 5) is 26.2. The van der Waals surface area contributed by atoms with Crippen molar-refractivity contribution in [2.75, 3.05) is 33.4 Å². The third-order valence-electron chi connectivity index (χ3n) is 4.96. The van der Waals surface area contributed by atoms with E-state index in [1.807, 2.05) is 28.0 Å². The molecular formula is C19H35BNO4. The van der Waals surface area contributed by atoms with Crippen LogP contribution in [0.3, 0.4) is 0 Å². The fraction of sp³-hybridized carbons (Fsp3) is 0.895. The molecule has 0 amide bonds. The summed E-state index contributed by atoms with van der Waals surface area (Å²) in [6.45, 7) is 8.41. The van der Waals surface area contributed by atoms with Gasteiger partial charge in [0.05, 0.1) is 25.6 Å². The molecule has 0 bridgehead atoms. The molecule has 0 aliphatic heterocycles. The predicted octanol–water partition coefficient (Wildman–Crippen LogP) is 3.03. The van der Waals surface area contributed by atoms with E-state index in [-0.39, 0.29) is 23.8 Å². The number of carbonyl (C=O) groups is 2. The fourth-order valence-corrected chi connectivity index (χ4v) is 3.50. The van der Waals surface area contributed by atoms with Crippen LogP contribution in [0.5, 0.6) is 0 Å². The SMILES string of the molecule is C[B]CCOC(=O)[C@@H](C)CN(CC1CCCCC1)C[C@@H](C)C(=O)OC. The zero-order chi connectivity index (χ0) is 18.7. The zero-order valence-electron chi connectivity index (χ0n) is 16.5. The minimum atomic E-state index is -0.192. The normalized spacial score (nSPS) is 17.8. The molecule has 143 valence electrons. The molecule has 1 radical (unpaired) electrons. The first kappa shape index (κ1) is 22.0. The molecule has 0 aromatic rings. The summed E-state index contributed by atoms with van der Waals surface area (Å²) >= 11 is 0. The van der Waals surface area contributed by atoms with Gasteiger partial charge in [0.15, 0.2) is 0 Å². The second-order valence-electron chi connectivity index (χ2n) is 7.41. The van der Waals surface area contributed by atoms with Crippen molar-refractivity contribution in [3.63, 3.8) is 0 Å². The Kier molecular flexibility index (Phi) is 10.9. The van der Waals surface area contributed by atoms with Crippen LogP contribution >= 0.6 is 0 Å². The molecular weight excluding hydrogens is 317 g/mol. The van der Waals surface area contributed by atoms with Gasteiger partial charge >= 0.3 is 11.9 Å². The molecule has 1 saturated carbocycles. The number of esters is 2. The monoisotopic (exact) mass is 352 g/mol. The van der Waals surface area contributed by atoms with Gasteiger partial charge in [-0.15, -0.1) is 0 Å². The maximum atomic E-state index is 12.2. The third-order valence-corrected chi connectivity index (χ3v) is 4.96. The molecule has 1 aliphatic rings. The second kappa shape index (κ2) is 12.3. The van der Waals surface area contributed by atoms with Crippen LogP contribution in [0.2, 0.25) is 13.1 Å². The second-order valence-corrected chi connectivity index (χ2v) is 7.41. The van der Waals surface area contributed by atoms with Crippen LogP contribution in [-0.4, -0.2) is 57.5 Å². The van der Waals surface area contributed by atoms with Gasteiger partial charge in [0.25, 0.3) is 0 Å². The highest BCUT2D eigenvalue weighted by Crippen LogP contribution is 2.25. The van der Waals surface area contributed by atoms with E-state index in [2.05, 4.69) is 4.90 Å². The van der Waals surface area contributed by atoms with Gasteiger partial charge in [-0.2, -0.15) is 0 Å². The Morgan fingerprint density at radius 3 is 2.24 bits per heavy atom. The zero-order valence-corrected chi connectivity index (χ0v) is 16.5. The highest BCUT2D eigenvalue weighted by Gasteiger charge is 2.25. The summed E-state index contributed by atoms with van der Waals surface area (Å²) in [5, 5.41) is 0. The quantitative estimate of drug-likeness (QED) is 0.325. The van der Waals surface area contributed by atoms with Gasteiger partial charge in [0.2, 0.25) is 0 Å². The summed E-state index contributed by atoms with van der Waals surface area (Å²) < 4.78 is 10.2. The Bertz CT molecular complexity index is 399. The molecule has 25 heavy (non-hydrogen) atoms. The number of rotatable bonds is 11. The molecule has 0 saturated heterocycles.